The van der Waals surface area contributed by atoms with Crippen molar-refractivity contribution >= 4 is 5.91 Å². The Morgan fingerprint density at radius 3 is 2.61 bits per heavy atom. The molecule has 1 atom stereocenters. The molecule has 0 aromatic heterocycles. The number of carbonyl (C=O) groups is 1. The first-order chi connectivity index (χ1) is 11.1. The summed E-state index contributed by atoms with van der Waals surface area (Å²) in [5.74, 6) is 1.09. The van der Waals surface area contributed by atoms with E-state index in [1.807, 2.05) is 18.7 Å². The summed E-state index contributed by atoms with van der Waals surface area (Å²) in [5, 5.41) is 0. The average molecular weight is 315 g/mol. The molecule has 126 valence electrons. The highest BCUT2D eigenvalue weighted by molar-refractivity contribution is 5.78. The van der Waals surface area contributed by atoms with Crippen molar-refractivity contribution in [3.63, 3.8) is 0 Å². The molecule has 3 heteroatoms. The molecule has 1 aromatic carbocycles. The molecule has 2 heterocycles. The molecular weight excluding hydrogens is 286 g/mol. The number of rotatable bonds is 3. The van der Waals surface area contributed by atoms with Gasteiger partial charge in [-0.1, -0.05) is 44.2 Å². The minimum Gasteiger partial charge on any atom is -0.375 e. The third-order valence-corrected chi connectivity index (χ3v) is 5.44. The summed E-state index contributed by atoms with van der Waals surface area (Å²) in [6.07, 6.45) is 5.45. The van der Waals surface area contributed by atoms with E-state index in [-0.39, 0.29) is 17.4 Å². The third kappa shape index (κ3) is 3.95. The molecule has 2 aliphatic rings. The number of piperidine rings is 1. The Morgan fingerprint density at radius 2 is 1.96 bits per heavy atom. The highest BCUT2D eigenvalue weighted by Crippen LogP contribution is 2.39. The summed E-state index contributed by atoms with van der Waals surface area (Å²) in [5.41, 5.74) is 1.45. The van der Waals surface area contributed by atoms with E-state index in [1.54, 1.807) is 0 Å². The largest absolute Gasteiger partial charge is 0.375 e. The summed E-state index contributed by atoms with van der Waals surface area (Å²) in [4.78, 5) is 14.2. The summed E-state index contributed by atoms with van der Waals surface area (Å²) in [6.45, 7) is 6.55. The molecular formula is C20H29NO2. The van der Waals surface area contributed by atoms with Crippen molar-refractivity contribution in [2.24, 2.45) is 11.8 Å². The van der Waals surface area contributed by atoms with Crippen molar-refractivity contribution in [3.8, 4) is 0 Å². The quantitative estimate of drug-likeness (QED) is 0.851. The van der Waals surface area contributed by atoms with Crippen molar-refractivity contribution in [2.75, 3.05) is 19.7 Å². The number of ether oxygens (including phenoxy) is 1. The number of hydrogen-bond donors (Lipinski definition) is 0. The van der Waals surface area contributed by atoms with Crippen LogP contribution in [0.2, 0.25) is 0 Å². The summed E-state index contributed by atoms with van der Waals surface area (Å²) < 4.78 is 6.22. The van der Waals surface area contributed by atoms with Gasteiger partial charge in [-0.2, -0.15) is 0 Å². The molecule has 2 fully saturated rings. The molecule has 0 bridgehead atoms. The molecule has 2 aliphatic heterocycles. The van der Waals surface area contributed by atoms with E-state index in [0.717, 1.165) is 51.8 Å². The van der Waals surface area contributed by atoms with Gasteiger partial charge in [0.15, 0.2) is 0 Å². The number of amides is 1. The summed E-state index contributed by atoms with van der Waals surface area (Å²) in [7, 11) is 0. The van der Waals surface area contributed by atoms with E-state index >= 15 is 0 Å². The molecule has 1 spiro atoms. The predicted octanol–water partition coefficient (Wildman–Crippen LogP) is 3.67. The lowest BCUT2D eigenvalue weighted by Crippen LogP contribution is -2.51. The Kier molecular flexibility index (Phi) is 5.05. The first-order valence-electron chi connectivity index (χ1n) is 9.05. The van der Waals surface area contributed by atoms with Crippen molar-refractivity contribution in [1.29, 1.82) is 0 Å². The van der Waals surface area contributed by atoms with E-state index < -0.39 is 0 Å². The minimum atomic E-state index is 0.0193. The normalized spacial score (nSPS) is 24.1. The first-order valence-corrected chi connectivity index (χ1v) is 9.05. The molecule has 0 saturated carbocycles. The van der Waals surface area contributed by atoms with Gasteiger partial charge in [0, 0.05) is 25.6 Å². The Bertz CT molecular complexity index is 518. The van der Waals surface area contributed by atoms with Crippen LogP contribution < -0.4 is 0 Å². The van der Waals surface area contributed by atoms with Gasteiger partial charge in [0.05, 0.1) is 5.60 Å². The van der Waals surface area contributed by atoms with E-state index in [2.05, 4.69) is 30.3 Å². The number of hydrogen-bond acceptors (Lipinski definition) is 2. The van der Waals surface area contributed by atoms with Gasteiger partial charge in [0.1, 0.15) is 0 Å². The van der Waals surface area contributed by atoms with Gasteiger partial charge < -0.3 is 9.64 Å². The summed E-state index contributed by atoms with van der Waals surface area (Å²) >= 11 is 0. The Hall–Kier alpha value is -1.35. The van der Waals surface area contributed by atoms with Crippen LogP contribution in [0, 0.1) is 11.8 Å². The average Bonchev–Trinajstić information content (AvgIpc) is 2.56. The number of likely N-dealkylation sites (tertiary alicyclic amines) is 1. The second-order valence-electron chi connectivity index (χ2n) is 7.56. The highest BCUT2D eigenvalue weighted by atomic mass is 16.5. The Labute approximate surface area is 140 Å². The fourth-order valence-corrected chi connectivity index (χ4v) is 4.10. The Morgan fingerprint density at radius 1 is 1.26 bits per heavy atom. The molecule has 0 N–H and O–H groups in total. The molecule has 1 unspecified atom stereocenters. The molecule has 0 aliphatic carbocycles. The topological polar surface area (TPSA) is 29.5 Å². The maximum absolute atomic E-state index is 12.2. The molecule has 2 saturated heterocycles. The van der Waals surface area contributed by atoms with Gasteiger partial charge in [-0.15, -0.1) is 0 Å². The van der Waals surface area contributed by atoms with Gasteiger partial charge >= 0.3 is 0 Å². The fraction of sp³-hybridized carbons (Fsp3) is 0.650. The van der Waals surface area contributed by atoms with Gasteiger partial charge in [0.25, 0.3) is 0 Å². The zero-order valence-electron chi connectivity index (χ0n) is 14.5. The third-order valence-electron chi connectivity index (χ3n) is 5.44. The number of benzene rings is 1. The van der Waals surface area contributed by atoms with Crippen LogP contribution in [0.5, 0.6) is 0 Å². The van der Waals surface area contributed by atoms with Crippen LogP contribution in [-0.4, -0.2) is 36.1 Å². The second kappa shape index (κ2) is 7.04. The van der Waals surface area contributed by atoms with Gasteiger partial charge in [-0.05, 0) is 43.6 Å². The lowest BCUT2D eigenvalue weighted by molar-refractivity contribution is -0.149. The number of nitrogens with zero attached hydrogens (tertiary/aromatic N) is 1. The monoisotopic (exact) mass is 315 g/mol. The zero-order chi connectivity index (χ0) is 16.3. The van der Waals surface area contributed by atoms with Crippen LogP contribution in [0.1, 0.15) is 45.1 Å². The summed E-state index contributed by atoms with van der Waals surface area (Å²) in [6, 6.07) is 10.8. The Balaban J connectivity index is 1.57. The van der Waals surface area contributed by atoms with E-state index in [9.17, 15) is 4.79 Å². The van der Waals surface area contributed by atoms with Crippen LogP contribution in [0.4, 0.5) is 0 Å². The lowest BCUT2D eigenvalue weighted by Gasteiger charge is -2.46. The van der Waals surface area contributed by atoms with Crippen LogP contribution >= 0.6 is 0 Å². The minimum absolute atomic E-state index is 0.0193. The van der Waals surface area contributed by atoms with Crippen LogP contribution in [0.15, 0.2) is 30.3 Å². The second-order valence-corrected chi connectivity index (χ2v) is 7.56. The van der Waals surface area contributed by atoms with E-state index in [0.29, 0.717) is 5.92 Å². The maximum atomic E-state index is 12.2. The molecule has 3 rings (SSSR count). The molecule has 0 radical (unpaired) electrons. The van der Waals surface area contributed by atoms with Gasteiger partial charge in [-0.3, -0.25) is 4.79 Å². The predicted molar refractivity (Wildman–Crippen MR) is 92.2 cm³/mol. The van der Waals surface area contributed by atoms with Crippen molar-refractivity contribution in [3.05, 3.63) is 35.9 Å². The van der Waals surface area contributed by atoms with E-state index in [1.165, 1.54) is 5.56 Å². The molecule has 23 heavy (non-hydrogen) atoms. The van der Waals surface area contributed by atoms with Crippen molar-refractivity contribution in [2.45, 2.75) is 51.6 Å². The fourth-order valence-electron chi connectivity index (χ4n) is 4.10. The zero-order valence-corrected chi connectivity index (χ0v) is 14.5. The molecule has 1 amide bonds. The maximum Gasteiger partial charge on any atom is 0.225 e. The SMILES string of the molecule is CC(C)C(=O)N1CCC2(CC1)CC(Cc1ccccc1)CCO2. The van der Waals surface area contributed by atoms with Crippen molar-refractivity contribution in [1.82, 2.24) is 4.90 Å². The molecule has 3 nitrogen and oxygen atoms in total. The van der Waals surface area contributed by atoms with Gasteiger partial charge in [-0.25, -0.2) is 0 Å². The number of carbonyl (C=O) groups excluding carboxylic acids is 1. The highest BCUT2D eigenvalue weighted by Gasteiger charge is 2.41. The van der Waals surface area contributed by atoms with Gasteiger partial charge in [0.2, 0.25) is 5.91 Å². The van der Waals surface area contributed by atoms with Crippen LogP contribution in [0.25, 0.3) is 0 Å². The smallest absolute Gasteiger partial charge is 0.225 e. The van der Waals surface area contributed by atoms with Crippen LogP contribution in [-0.2, 0) is 16.0 Å². The first kappa shape index (κ1) is 16.5. The molecule has 1 aromatic rings. The van der Waals surface area contributed by atoms with Crippen LogP contribution in [0.3, 0.4) is 0 Å². The van der Waals surface area contributed by atoms with Crippen molar-refractivity contribution < 1.29 is 9.53 Å². The van der Waals surface area contributed by atoms with E-state index in [4.69, 9.17) is 4.74 Å². The standard InChI is InChI=1S/C20H29NO2/c1-16(2)19(22)21-11-9-20(10-12-21)15-18(8-13-23-20)14-17-6-4-3-5-7-17/h3-7,16,18H,8-15H2,1-2H3. The lowest BCUT2D eigenvalue weighted by atomic mass is 9.77.